The molecule has 1 N–H and O–H groups in total. The number of hydrogen-bond acceptors (Lipinski definition) is 2. The average Bonchev–Trinajstić information content (AvgIpc) is 2.62. The second-order valence-corrected chi connectivity index (χ2v) is 5.33. The van der Waals surface area contributed by atoms with Crippen molar-refractivity contribution in [2.45, 2.75) is 13.3 Å². The van der Waals surface area contributed by atoms with Crippen molar-refractivity contribution in [2.24, 2.45) is 5.92 Å². The number of H-pyrrole nitrogens is 1. The minimum absolute atomic E-state index is 0.673. The van der Waals surface area contributed by atoms with E-state index in [4.69, 9.17) is 0 Å². The first-order chi connectivity index (χ1) is 7.31. The predicted octanol–water partition coefficient (Wildman–Crippen LogP) is 3.92. The van der Waals surface area contributed by atoms with Gasteiger partial charge in [0.2, 0.25) is 0 Å². The van der Waals surface area contributed by atoms with Crippen LogP contribution in [0.15, 0.2) is 30.5 Å². The van der Waals surface area contributed by atoms with Gasteiger partial charge in [0.15, 0.2) is 0 Å². The molecule has 0 aliphatic carbocycles. The smallest absolute Gasteiger partial charge is 0.0456 e. The van der Waals surface area contributed by atoms with Gasteiger partial charge in [-0.15, -0.1) is 11.7 Å². The standard InChI is InChI=1S/C12H15NS2/c1-9(8-15-14)6-10-7-13-12-5-3-2-4-11(10)12/h2-5,7,9,13-14H,6,8H2,1H3. The van der Waals surface area contributed by atoms with E-state index in [-0.39, 0.29) is 0 Å². The molecule has 1 atom stereocenters. The van der Waals surface area contributed by atoms with Crippen LogP contribution in [-0.2, 0) is 6.42 Å². The van der Waals surface area contributed by atoms with Gasteiger partial charge >= 0.3 is 0 Å². The van der Waals surface area contributed by atoms with Crippen LogP contribution in [0, 0.1) is 5.92 Å². The van der Waals surface area contributed by atoms with Crippen LogP contribution in [0.2, 0.25) is 0 Å². The van der Waals surface area contributed by atoms with Gasteiger partial charge in [-0.1, -0.05) is 35.9 Å². The van der Waals surface area contributed by atoms with E-state index in [1.807, 2.05) is 0 Å². The second-order valence-electron chi connectivity index (χ2n) is 3.96. The van der Waals surface area contributed by atoms with Gasteiger partial charge in [-0.2, -0.15) is 0 Å². The maximum Gasteiger partial charge on any atom is 0.0456 e. The van der Waals surface area contributed by atoms with Crippen LogP contribution < -0.4 is 0 Å². The molecule has 2 aromatic rings. The summed E-state index contributed by atoms with van der Waals surface area (Å²) >= 11 is 4.19. The molecule has 0 fully saturated rings. The number of aromatic nitrogens is 1. The summed E-state index contributed by atoms with van der Waals surface area (Å²) in [6, 6.07) is 8.46. The zero-order valence-corrected chi connectivity index (χ0v) is 10.4. The van der Waals surface area contributed by atoms with Crippen LogP contribution in [0.4, 0.5) is 0 Å². The van der Waals surface area contributed by atoms with Gasteiger partial charge in [0.05, 0.1) is 0 Å². The summed E-state index contributed by atoms with van der Waals surface area (Å²) in [5, 5.41) is 1.36. The lowest BCUT2D eigenvalue weighted by atomic mass is 10.0. The molecule has 0 saturated carbocycles. The lowest BCUT2D eigenvalue weighted by Gasteiger charge is -2.07. The summed E-state index contributed by atoms with van der Waals surface area (Å²) in [5.74, 6) is 1.77. The highest BCUT2D eigenvalue weighted by molar-refractivity contribution is 8.68. The van der Waals surface area contributed by atoms with Crippen molar-refractivity contribution in [2.75, 3.05) is 5.75 Å². The largest absolute Gasteiger partial charge is 0.361 e. The third-order valence-corrected chi connectivity index (χ3v) is 3.77. The predicted molar refractivity (Wildman–Crippen MR) is 72.6 cm³/mol. The van der Waals surface area contributed by atoms with Gasteiger partial charge in [0, 0.05) is 22.9 Å². The van der Waals surface area contributed by atoms with Crippen LogP contribution in [0.5, 0.6) is 0 Å². The lowest BCUT2D eigenvalue weighted by molar-refractivity contribution is 0.663. The van der Waals surface area contributed by atoms with Crippen molar-refractivity contribution in [3.63, 3.8) is 0 Å². The van der Waals surface area contributed by atoms with Crippen molar-refractivity contribution in [3.8, 4) is 0 Å². The van der Waals surface area contributed by atoms with Gasteiger partial charge < -0.3 is 4.98 Å². The third kappa shape index (κ3) is 2.52. The van der Waals surface area contributed by atoms with Gasteiger partial charge in [0.1, 0.15) is 0 Å². The average molecular weight is 237 g/mol. The molecule has 1 aromatic carbocycles. The fraction of sp³-hybridized carbons (Fsp3) is 0.333. The molecule has 3 heteroatoms. The van der Waals surface area contributed by atoms with E-state index < -0.39 is 0 Å². The van der Waals surface area contributed by atoms with Crippen molar-refractivity contribution in [1.82, 2.24) is 4.98 Å². The summed E-state index contributed by atoms with van der Waals surface area (Å²) in [7, 11) is 1.62. The Bertz CT molecular complexity index is 436. The third-order valence-electron chi connectivity index (χ3n) is 2.60. The molecule has 0 aliphatic rings. The highest BCUT2D eigenvalue weighted by Crippen LogP contribution is 2.22. The van der Waals surface area contributed by atoms with Crippen LogP contribution in [0.25, 0.3) is 10.9 Å². The van der Waals surface area contributed by atoms with Crippen molar-refractivity contribution in [3.05, 3.63) is 36.0 Å². The Morgan fingerprint density at radius 1 is 1.40 bits per heavy atom. The number of nitrogens with one attached hydrogen (secondary N) is 1. The van der Waals surface area contributed by atoms with E-state index in [0.29, 0.717) is 5.92 Å². The molecule has 1 heterocycles. The SMILES string of the molecule is CC(CSS)Cc1c[nH]c2ccccc12. The molecule has 0 spiro atoms. The molecule has 15 heavy (non-hydrogen) atoms. The minimum atomic E-state index is 0.673. The number of aromatic amines is 1. The Morgan fingerprint density at radius 3 is 3.00 bits per heavy atom. The van der Waals surface area contributed by atoms with Crippen LogP contribution in [0.3, 0.4) is 0 Å². The molecule has 1 unspecified atom stereocenters. The summed E-state index contributed by atoms with van der Waals surface area (Å²) in [6.07, 6.45) is 3.25. The quantitative estimate of drug-likeness (QED) is 0.608. The highest BCUT2D eigenvalue weighted by atomic mass is 33.1. The number of hydrogen-bond donors (Lipinski definition) is 2. The Balaban J connectivity index is 2.21. The van der Waals surface area contributed by atoms with E-state index in [1.54, 1.807) is 10.8 Å². The van der Waals surface area contributed by atoms with Crippen LogP contribution in [-0.4, -0.2) is 10.7 Å². The molecular formula is C12H15NS2. The van der Waals surface area contributed by atoms with Gasteiger partial charge in [-0.3, -0.25) is 0 Å². The van der Waals surface area contributed by atoms with Crippen LogP contribution >= 0.6 is 22.5 Å². The number of para-hydroxylation sites is 1. The monoisotopic (exact) mass is 237 g/mol. The van der Waals surface area contributed by atoms with Crippen molar-refractivity contribution < 1.29 is 0 Å². The molecule has 0 bridgehead atoms. The Labute approximate surface area is 99.5 Å². The first-order valence-electron chi connectivity index (χ1n) is 5.12. The Kier molecular flexibility index (Phi) is 3.65. The summed E-state index contributed by atoms with van der Waals surface area (Å²) in [4.78, 5) is 3.31. The van der Waals surface area contributed by atoms with Crippen LogP contribution in [0.1, 0.15) is 12.5 Å². The maximum atomic E-state index is 4.19. The molecular weight excluding hydrogens is 222 g/mol. The topological polar surface area (TPSA) is 15.8 Å². The van der Waals surface area contributed by atoms with Gasteiger partial charge in [-0.25, -0.2) is 0 Å². The van der Waals surface area contributed by atoms with Gasteiger partial charge in [0.25, 0.3) is 0 Å². The molecule has 2 rings (SSSR count). The van der Waals surface area contributed by atoms with E-state index in [1.165, 1.54) is 16.5 Å². The zero-order chi connectivity index (χ0) is 10.7. The summed E-state index contributed by atoms with van der Waals surface area (Å²) < 4.78 is 0. The molecule has 0 aliphatic heterocycles. The molecule has 0 radical (unpaired) electrons. The number of fused-ring (bicyclic) bond motifs is 1. The van der Waals surface area contributed by atoms with E-state index >= 15 is 0 Å². The first-order valence-corrected chi connectivity index (χ1v) is 7.16. The molecule has 1 aromatic heterocycles. The zero-order valence-electron chi connectivity index (χ0n) is 8.73. The lowest BCUT2D eigenvalue weighted by Crippen LogP contribution is -2.01. The number of benzene rings is 1. The van der Waals surface area contributed by atoms with Gasteiger partial charge in [-0.05, 0) is 24.0 Å². The molecule has 1 nitrogen and oxygen atoms in total. The van der Waals surface area contributed by atoms with Crippen molar-refractivity contribution >= 4 is 33.4 Å². The molecule has 0 amide bonds. The number of rotatable bonds is 4. The molecule has 0 saturated heterocycles. The fourth-order valence-electron chi connectivity index (χ4n) is 1.86. The normalized spacial score (nSPS) is 13.2. The summed E-state index contributed by atoms with van der Waals surface area (Å²) in [5.41, 5.74) is 2.65. The Hall–Kier alpha value is -0.540. The second kappa shape index (κ2) is 4.99. The minimum Gasteiger partial charge on any atom is -0.361 e. The van der Waals surface area contributed by atoms with E-state index in [2.05, 4.69) is 54.0 Å². The highest BCUT2D eigenvalue weighted by Gasteiger charge is 2.07. The fourth-order valence-corrected chi connectivity index (χ4v) is 3.00. The Morgan fingerprint density at radius 2 is 2.20 bits per heavy atom. The maximum absolute atomic E-state index is 4.19. The van der Waals surface area contributed by atoms with E-state index in [9.17, 15) is 0 Å². The van der Waals surface area contributed by atoms with E-state index in [0.717, 1.165) is 12.2 Å². The number of thiol groups is 1. The van der Waals surface area contributed by atoms with Crippen molar-refractivity contribution in [1.29, 1.82) is 0 Å². The summed E-state index contributed by atoms with van der Waals surface area (Å²) in [6.45, 7) is 2.27. The first kappa shape index (κ1) is 11.0. The molecule has 80 valence electrons.